The Bertz CT molecular complexity index is 754. The molecule has 1 aromatic rings. The molecule has 29 heavy (non-hydrogen) atoms. The number of halogens is 1. The highest BCUT2D eigenvalue weighted by Gasteiger charge is 2.33. The molecule has 0 spiro atoms. The molecule has 0 radical (unpaired) electrons. The number of nitrogens with two attached hydrogens (primary N) is 1. The molecule has 4 rings (SSSR count). The molecule has 160 valence electrons. The Balaban J connectivity index is 1.44. The first-order valence-electron chi connectivity index (χ1n) is 10.5. The fraction of sp³-hybridized carbons (Fsp3) is 0.667. The van der Waals surface area contributed by atoms with Crippen molar-refractivity contribution in [1.82, 2.24) is 10.2 Å². The predicted octanol–water partition coefficient (Wildman–Crippen LogP) is 2.25. The second-order valence-corrected chi connectivity index (χ2v) is 8.52. The third-order valence-corrected chi connectivity index (χ3v) is 6.50. The quantitative estimate of drug-likeness (QED) is 0.706. The maximum atomic E-state index is 13.1. The number of rotatable bonds is 5. The molecule has 3 heterocycles. The smallest absolute Gasteiger partial charge is 0.255 e. The minimum Gasteiger partial charge on any atom is -0.492 e. The van der Waals surface area contributed by atoms with Crippen molar-refractivity contribution >= 4 is 23.2 Å². The Morgan fingerprint density at radius 2 is 2.24 bits per heavy atom. The molecule has 3 aliphatic rings. The molecule has 2 saturated heterocycles. The average Bonchev–Trinajstić information content (AvgIpc) is 3.24. The van der Waals surface area contributed by atoms with E-state index in [9.17, 15) is 4.79 Å². The average molecular weight is 424 g/mol. The van der Waals surface area contributed by atoms with Gasteiger partial charge in [0.1, 0.15) is 5.75 Å². The largest absolute Gasteiger partial charge is 0.492 e. The standard InChI is InChI=1S/C21H30ClN3O4/c1-27-18-12-25(11-13-4-2-8-28-13)7-6-17(18)24-21(26)15-10-16(22)19(23)14-5-3-9-29-20(14)15/h10,13,17-18H,2-9,11-12,23H2,1H3,(H,24,26). The lowest BCUT2D eigenvalue weighted by atomic mass is 9.97. The topological polar surface area (TPSA) is 86.1 Å². The third-order valence-electron chi connectivity index (χ3n) is 6.18. The van der Waals surface area contributed by atoms with Crippen LogP contribution in [0.5, 0.6) is 5.75 Å². The fourth-order valence-corrected chi connectivity index (χ4v) is 4.80. The molecule has 3 atom stereocenters. The van der Waals surface area contributed by atoms with Crippen LogP contribution in [0.1, 0.15) is 41.6 Å². The van der Waals surface area contributed by atoms with Crippen molar-refractivity contribution in [3.8, 4) is 5.75 Å². The SMILES string of the molecule is COC1CN(CC2CCCO2)CCC1NC(=O)c1cc(Cl)c(N)c2c1OCCC2. The minimum absolute atomic E-state index is 0.0659. The second kappa shape index (κ2) is 9.08. The lowest BCUT2D eigenvalue weighted by molar-refractivity contribution is -0.0112. The van der Waals surface area contributed by atoms with Crippen LogP contribution in [0.25, 0.3) is 0 Å². The first kappa shape index (κ1) is 20.7. The van der Waals surface area contributed by atoms with Gasteiger partial charge in [-0.25, -0.2) is 0 Å². The predicted molar refractivity (Wildman–Crippen MR) is 112 cm³/mol. The lowest BCUT2D eigenvalue weighted by Crippen LogP contribution is -2.55. The molecule has 0 bridgehead atoms. The van der Waals surface area contributed by atoms with Crippen molar-refractivity contribution < 1.29 is 19.0 Å². The van der Waals surface area contributed by atoms with Gasteiger partial charge in [-0.05, 0) is 38.2 Å². The van der Waals surface area contributed by atoms with Crippen molar-refractivity contribution in [2.45, 2.75) is 50.4 Å². The van der Waals surface area contributed by atoms with E-state index < -0.39 is 0 Å². The molecule has 8 heteroatoms. The second-order valence-electron chi connectivity index (χ2n) is 8.12. The number of methoxy groups -OCH3 is 1. The molecule has 3 aliphatic heterocycles. The Morgan fingerprint density at radius 1 is 1.38 bits per heavy atom. The van der Waals surface area contributed by atoms with Gasteiger partial charge in [0, 0.05) is 38.9 Å². The number of nitrogens with zero attached hydrogens (tertiary/aromatic N) is 1. The monoisotopic (exact) mass is 423 g/mol. The van der Waals surface area contributed by atoms with Crippen molar-refractivity contribution in [1.29, 1.82) is 0 Å². The van der Waals surface area contributed by atoms with Gasteiger partial charge in [0.15, 0.2) is 0 Å². The Kier molecular flexibility index (Phi) is 6.49. The molecular formula is C21H30ClN3O4. The van der Waals surface area contributed by atoms with Gasteiger partial charge in [0.05, 0.1) is 41.1 Å². The molecule has 1 aromatic carbocycles. The van der Waals surface area contributed by atoms with Crippen LogP contribution in [-0.2, 0) is 15.9 Å². The number of piperidine rings is 1. The van der Waals surface area contributed by atoms with Gasteiger partial charge >= 0.3 is 0 Å². The van der Waals surface area contributed by atoms with Gasteiger partial charge in [-0.2, -0.15) is 0 Å². The summed E-state index contributed by atoms with van der Waals surface area (Å²) >= 11 is 6.29. The summed E-state index contributed by atoms with van der Waals surface area (Å²) in [4.78, 5) is 15.5. The maximum Gasteiger partial charge on any atom is 0.255 e. The highest BCUT2D eigenvalue weighted by Crippen LogP contribution is 2.38. The number of amides is 1. The van der Waals surface area contributed by atoms with Gasteiger partial charge in [0.2, 0.25) is 0 Å². The molecule has 2 fully saturated rings. The van der Waals surface area contributed by atoms with E-state index in [0.29, 0.717) is 34.7 Å². The molecule has 7 nitrogen and oxygen atoms in total. The molecule has 0 aromatic heterocycles. The summed E-state index contributed by atoms with van der Waals surface area (Å²) in [6, 6.07) is 1.55. The van der Waals surface area contributed by atoms with E-state index in [1.165, 1.54) is 0 Å². The summed E-state index contributed by atoms with van der Waals surface area (Å²) < 4.78 is 17.3. The van der Waals surface area contributed by atoms with Gasteiger partial charge in [-0.15, -0.1) is 0 Å². The van der Waals surface area contributed by atoms with Crippen LogP contribution in [0.2, 0.25) is 5.02 Å². The van der Waals surface area contributed by atoms with Gasteiger partial charge in [-0.1, -0.05) is 11.6 Å². The summed E-state index contributed by atoms with van der Waals surface area (Å²) in [5, 5.41) is 3.54. The first-order valence-corrected chi connectivity index (χ1v) is 10.9. The van der Waals surface area contributed by atoms with Crippen LogP contribution in [0.15, 0.2) is 6.07 Å². The Labute approximate surface area is 176 Å². The van der Waals surface area contributed by atoms with Crippen LogP contribution in [0.4, 0.5) is 5.69 Å². The van der Waals surface area contributed by atoms with Crippen molar-refractivity contribution in [3.05, 3.63) is 22.2 Å². The zero-order chi connectivity index (χ0) is 20.4. The number of hydrogen-bond acceptors (Lipinski definition) is 6. The number of likely N-dealkylation sites (tertiary alicyclic amines) is 1. The van der Waals surface area contributed by atoms with Crippen molar-refractivity contribution in [3.63, 3.8) is 0 Å². The Morgan fingerprint density at radius 3 is 3.00 bits per heavy atom. The minimum atomic E-state index is -0.190. The molecular weight excluding hydrogens is 394 g/mol. The summed E-state index contributed by atoms with van der Waals surface area (Å²) in [5.74, 6) is 0.380. The Hall–Kier alpha value is -1.54. The summed E-state index contributed by atoms with van der Waals surface area (Å²) in [7, 11) is 1.70. The van der Waals surface area contributed by atoms with Gasteiger partial charge < -0.3 is 25.3 Å². The molecule has 1 amide bonds. The lowest BCUT2D eigenvalue weighted by Gasteiger charge is -2.39. The van der Waals surface area contributed by atoms with Crippen LogP contribution >= 0.6 is 11.6 Å². The van der Waals surface area contributed by atoms with Gasteiger partial charge in [-0.3, -0.25) is 9.69 Å². The number of nitrogens with one attached hydrogen (secondary N) is 1. The number of carbonyl (C=O) groups excluding carboxylic acids is 1. The number of carbonyl (C=O) groups is 1. The molecule has 0 saturated carbocycles. The van der Waals surface area contributed by atoms with Gasteiger partial charge in [0.25, 0.3) is 5.91 Å². The molecule has 3 N–H and O–H groups in total. The first-order chi connectivity index (χ1) is 14.1. The van der Waals surface area contributed by atoms with E-state index in [0.717, 1.165) is 63.9 Å². The van der Waals surface area contributed by atoms with Crippen LogP contribution in [0, 0.1) is 0 Å². The van der Waals surface area contributed by atoms with Crippen LogP contribution in [-0.4, -0.2) is 69.0 Å². The van der Waals surface area contributed by atoms with Crippen LogP contribution < -0.4 is 15.8 Å². The summed E-state index contributed by atoms with van der Waals surface area (Å²) in [6.45, 7) is 4.05. The van der Waals surface area contributed by atoms with Crippen molar-refractivity contribution in [2.24, 2.45) is 0 Å². The van der Waals surface area contributed by atoms with E-state index >= 15 is 0 Å². The highest BCUT2D eigenvalue weighted by molar-refractivity contribution is 6.33. The number of nitrogen functional groups attached to an aromatic ring is 1. The fourth-order valence-electron chi connectivity index (χ4n) is 4.58. The zero-order valence-corrected chi connectivity index (χ0v) is 17.7. The normalized spacial score (nSPS) is 27.3. The van der Waals surface area contributed by atoms with Crippen molar-refractivity contribution in [2.75, 3.05) is 45.7 Å². The molecule has 3 unspecified atom stereocenters. The van der Waals surface area contributed by atoms with E-state index in [1.54, 1.807) is 13.2 Å². The number of fused-ring (bicyclic) bond motifs is 1. The van der Waals surface area contributed by atoms with E-state index in [1.807, 2.05) is 0 Å². The summed E-state index contributed by atoms with van der Waals surface area (Å²) in [6.07, 6.45) is 4.97. The summed E-state index contributed by atoms with van der Waals surface area (Å²) in [5.41, 5.74) is 7.90. The zero-order valence-electron chi connectivity index (χ0n) is 16.9. The van der Waals surface area contributed by atoms with Crippen LogP contribution in [0.3, 0.4) is 0 Å². The number of hydrogen-bond donors (Lipinski definition) is 2. The van der Waals surface area contributed by atoms with E-state index in [4.69, 9.17) is 31.5 Å². The van der Waals surface area contributed by atoms with E-state index in [2.05, 4.69) is 10.2 Å². The highest BCUT2D eigenvalue weighted by atomic mass is 35.5. The molecule has 0 aliphatic carbocycles. The number of benzene rings is 1. The number of anilines is 1. The van der Waals surface area contributed by atoms with E-state index in [-0.39, 0.29) is 18.1 Å². The third kappa shape index (κ3) is 4.48. The number of ether oxygens (including phenoxy) is 3. The maximum absolute atomic E-state index is 13.1.